The van der Waals surface area contributed by atoms with E-state index in [9.17, 15) is 4.79 Å². The molecule has 1 aliphatic heterocycles. The fraction of sp³-hybridized carbons (Fsp3) is 0.0909. The van der Waals surface area contributed by atoms with Crippen molar-refractivity contribution in [3.8, 4) is 17.0 Å². The summed E-state index contributed by atoms with van der Waals surface area (Å²) in [7, 11) is 0. The zero-order valence-corrected chi connectivity index (χ0v) is 10.1. The van der Waals surface area contributed by atoms with Crippen molar-refractivity contribution in [1.82, 2.24) is 10.2 Å². The van der Waals surface area contributed by atoms with Gasteiger partial charge in [0.25, 0.3) is 0 Å². The highest BCUT2D eigenvalue weighted by Crippen LogP contribution is 2.38. The van der Waals surface area contributed by atoms with E-state index in [2.05, 4.69) is 26.1 Å². The minimum Gasteiger partial charge on any atom is -0.488 e. The van der Waals surface area contributed by atoms with Gasteiger partial charge in [-0.15, -0.1) is 0 Å². The Balaban J connectivity index is 2.21. The van der Waals surface area contributed by atoms with E-state index in [1.54, 1.807) is 0 Å². The third-order valence-corrected chi connectivity index (χ3v) is 3.15. The van der Waals surface area contributed by atoms with E-state index in [1.165, 1.54) is 0 Å². The summed E-state index contributed by atoms with van der Waals surface area (Å²) in [5.41, 5.74) is 2.13. The first kappa shape index (κ1) is 10.3. The molecule has 1 aromatic heterocycles. The fourth-order valence-electron chi connectivity index (χ4n) is 1.87. The highest BCUT2D eigenvalue weighted by Gasteiger charge is 2.26. The minimum absolute atomic E-state index is 0.0913. The van der Waals surface area contributed by atoms with Crippen molar-refractivity contribution in [2.24, 2.45) is 0 Å². The topological polar surface area (TPSA) is 75.2 Å². The summed E-state index contributed by atoms with van der Waals surface area (Å²) in [5.74, 6) is -0.321. The second-order valence-electron chi connectivity index (χ2n) is 3.66. The van der Waals surface area contributed by atoms with Gasteiger partial charge in [0, 0.05) is 10.0 Å². The van der Waals surface area contributed by atoms with E-state index < -0.39 is 5.97 Å². The number of halogens is 1. The van der Waals surface area contributed by atoms with Gasteiger partial charge >= 0.3 is 5.97 Å². The van der Waals surface area contributed by atoms with E-state index in [4.69, 9.17) is 9.84 Å². The summed E-state index contributed by atoms with van der Waals surface area (Å²) in [4.78, 5) is 11.0. The molecule has 0 spiro atoms. The number of aromatic nitrogens is 2. The first-order valence-electron chi connectivity index (χ1n) is 4.90. The molecule has 0 unspecified atom stereocenters. The van der Waals surface area contributed by atoms with Crippen LogP contribution < -0.4 is 4.74 Å². The van der Waals surface area contributed by atoms with E-state index >= 15 is 0 Å². The van der Waals surface area contributed by atoms with Crippen molar-refractivity contribution >= 4 is 21.9 Å². The highest BCUT2D eigenvalue weighted by atomic mass is 79.9. The van der Waals surface area contributed by atoms with Gasteiger partial charge in [-0.2, -0.15) is 5.10 Å². The van der Waals surface area contributed by atoms with E-state index in [0.29, 0.717) is 17.0 Å². The molecule has 3 rings (SSSR count). The molecule has 2 N–H and O–H groups in total. The summed E-state index contributed by atoms with van der Waals surface area (Å²) in [6, 6.07) is 5.56. The number of carbonyl (C=O) groups is 1. The third-order valence-electron chi connectivity index (χ3n) is 2.65. The van der Waals surface area contributed by atoms with Gasteiger partial charge < -0.3 is 9.84 Å². The van der Waals surface area contributed by atoms with Crippen molar-refractivity contribution in [2.45, 2.75) is 6.61 Å². The zero-order chi connectivity index (χ0) is 12.0. The van der Waals surface area contributed by atoms with Crippen LogP contribution in [0.4, 0.5) is 0 Å². The predicted octanol–water partition coefficient (Wildman–Crippen LogP) is 2.43. The second-order valence-corrected chi connectivity index (χ2v) is 4.58. The van der Waals surface area contributed by atoms with Gasteiger partial charge in [0.15, 0.2) is 5.69 Å². The number of hydrogen-bond donors (Lipinski definition) is 2. The first-order valence-corrected chi connectivity index (χ1v) is 5.69. The van der Waals surface area contributed by atoms with Crippen LogP contribution in [-0.4, -0.2) is 21.3 Å². The van der Waals surface area contributed by atoms with Crippen LogP contribution in [0.5, 0.6) is 5.75 Å². The Morgan fingerprint density at radius 2 is 2.35 bits per heavy atom. The summed E-state index contributed by atoms with van der Waals surface area (Å²) in [6.07, 6.45) is 0. The summed E-state index contributed by atoms with van der Waals surface area (Å²) >= 11 is 3.36. The van der Waals surface area contributed by atoms with Crippen molar-refractivity contribution < 1.29 is 14.6 Å². The molecule has 17 heavy (non-hydrogen) atoms. The van der Waals surface area contributed by atoms with Crippen molar-refractivity contribution in [1.29, 1.82) is 0 Å². The lowest BCUT2D eigenvalue weighted by Gasteiger charge is -2.17. The van der Waals surface area contributed by atoms with Crippen LogP contribution in [0.2, 0.25) is 0 Å². The number of aromatic carboxylic acids is 1. The molecule has 0 radical (unpaired) electrons. The van der Waals surface area contributed by atoms with Crippen LogP contribution in [-0.2, 0) is 6.61 Å². The summed E-state index contributed by atoms with van der Waals surface area (Å²) in [5, 5.41) is 15.6. The lowest BCUT2D eigenvalue weighted by atomic mass is 10.0. The second kappa shape index (κ2) is 3.59. The number of ether oxygens (including phenoxy) is 1. The molecule has 0 bridgehead atoms. The van der Waals surface area contributed by atoms with Gasteiger partial charge in [-0.05, 0) is 18.2 Å². The monoisotopic (exact) mass is 294 g/mol. The van der Waals surface area contributed by atoms with E-state index in [-0.39, 0.29) is 12.3 Å². The number of nitrogens with zero attached hydrogens (tertiary/aromatic N) is 1. The number of fused-ring (bicyclic) bond motifs is 3. The molecule has 0 saturated heterocycles. The molecule has 0 aliphatic carbocycles. The average molecular weight is 295 g/mol. The number of benzene rings is 1. The van der Waals surface area contributed by atoms with Crippen molar-refractivity contribution in [3.05, 3.63) is 33.9 Å². The molecule has 1 aliphatic rings. The Kier molecular flexibility index (Phi) is 2.19. The number of hydrogen-bond acceptors (Lipinski definition) is 3. The molecule has 2 heterocycles. The zero-order valence-electron chi connectivity index (χ0n) is 8.53. The minimum atomic E-state index is -1.03. The predicted molar refractivity (Wildman–Crippen MR) is 63.0 cm³/mol. The van der Waals surface area contributed by atoms with Crippen LogP contribution in [0, 0.1) is 0 Å². The highest BCUT2D eigenvalue weighted by molar-refractivity contribution is 9.10. The molecule has 0 fully saturated rings. The maximum atomic E-state index is 11.0. The maximum absolute atomic E-state index is 11.0. The summed E-state index contributed by atoms with van der Waals surface area (Å²) in [6.45, 7) is 0.219. The molecule has 6 heteroatoms. The number of carboxylic acid groups (broad SMARTS) is 1. The van der Waals surface area contributed by atoms with Gasteiger partial charge in [0.2, 0.25) is 0 Å². The molecular weight excluding hydrogens is 288 g/mol. The van der Waals surface area contributed by atoms with Gasteiger partial charge in [-0.3, -0.25) is 5.10 Å². The largest absolute Gasteiger partial charge is 0.488 e. The van der Waals surface area contributed by atoms with Crippen LogP contribution in [0.3, 0.4) is 0 Å². The Morgan fingerprint density at radius 3 is 3.12 bits per heavy atom. The molecule has 1 aromatic carbocycles. The Labute approximate surface area is 105 Å². The lowest BCUT2D eigenvalue weighted by molar-refractivity contribution is 0.0687. The molecule has 0 amide bonds. The van der Waals surface area contributed by atoms with Crippen LogP contribution in [0.1, 0.15) is 16.1 Å². The van der Waals surface area contributed by atoms with Crippen LogP contribution in [0.15, 0.2) is 22.7 Å². The SMILES string of the molecule is O=C(O)c1[nH]nc2c1COc1cc(Br)ccc1-2. The number of aromatic amines is 1. The van der Waals surface area contributed by atoms with Crippen LogP contribution in [0.25, 0.3) is 11.3 Å². The fourth-order valence-corrected chi connectivity index (χ4v) is 2.21. The van der Waals surface area contributed by atoms with E-state index in [0.717, 1.165) is 10.0 Å². The first-order chi connectivity index (χ1) is 8.16. The van der Waals surface area contributed by atoms with Gasteiger partial charge in [-0.25, -0.2) is 4.79 Å². The number of nitrogens with one attached hydrogen (secondary N) is 1. The number of carboxylic acids is 1. The van der Waals surface area contributed by atoms with Gasteiger partial charge in [-0.1, -0.05) is 15.9 Å². The Hall–Kier alpha value is -1.82. The van der Waals surface area contributed by atoms with Gasteiger partial charge in [0.1, 0.15) is 18.1 Å². The lowest BCUT2D eigenvalue weighted by Crippen LogP contribution is -2.08. The maximum Gasteiger partial charge on any atom is 0.354 e. The standard InChI is InChI=1S/C11H7BrN2O3/c12-5-1-2-6-8(3-5)17-4-7-9(6)13-14-10(7)11(15)16/h1-3H,4H2,(H,13,14)(H,15,16). The smallest absolute Gasteiger partial charge is 0.354 e. The summed E-state index contributed by atoms with van der Waals surface area (Å²) < 4.78 is 6.44. The van der Waals surface area contributed by atoms with Gasteiger partial charge in [0.05, 0.1) is 5.56 Å². The van der Waals surface area contributed by atoms with Crippen LogP contribution >= 0.6 is 15.9 Å². The number of rotatable bonds is 1. The third kappa shape index (κ3) is 1.52. The van der Waals surface area contributed by atoms with Crippen molar-refractivity contribution in [2.75, 3.05) is 0 Å². The molecule has 2 aromatic rings. The normalized spacial score (nSPS) is 12.5. The Bertz CT molecular complexity index is 621. The molecule has 0 atom stereocenters. The molecule has 86 valence electrons. The molecule has 5 nitrogen and oxygen atoms in total. The Morgan fingerprint density at radius 1 is 1.53 bits per heavy atom. The molecule has 0 saturated carbocycles. The van der Waals surface area contributed by atoms with E-state index in [1.807, 2.05) is 18.2 Å². The number of H-pyrrole nitrogens is 1. The average Bonchev–Trinajstić information content (AvgIpc) is 2.72. The van der Waals surface area contributed by atoms with Crippen molar-refractivity contribution in [3.63, 3.8) is 0 Å². The molecular formula is C11H7BrN2O3. The quantitative estimate of drug-likeness (QED) is 0.847.